The molecule has 0 aliphatic carbocycles. The Balaban J connectivity index is 2.00. The average Bonchev–Trinajstić information content (AvgIpc) is 2.85. The van der Waals surface area contributed by atoms with Gasteiger partial charge in [0.2, 0.25) is 0 Å². The molecule has 1 aromatic heterocycles. The van der Waals surface area contributed by atoms with Crippen LogP contribution in [0.3, 0.4) is 0 Å². The molecule has 4 aromatic carbocycles. The van der Waals surface area contributed by atoms with Gasteiger partial charge in [0.05, 0.1) is 18.2 Å². The summed E-state index contributed by atoms with van der Waals surface area (Å²) in [6.45, 7) is 0. The molecule has 32 heavy (non-hydrogen) atoms. The molecule has 4 heteroatoms. The monoisotopic (exact) mass is 418 g/mol. The number of ether oxygens (including phenoxy) is 1. The van der Waals surface area contributed by atoms with Crippen molar-refractivity contribution in [1.82, 2.24) is 4.57 Å². The maximum Gasteiger partial charge on any atom is 0.263 e. The number of pyridine rings is 1. The van der Waals surface area contributed by atoms with Gasteiger partial charge >= 0.3 is 0 Å². The van der Waals surface area contributed by atoms with E-state index >= 15 is 0 Å². The highest BCUT2D eigenvalue weighted by atomic mass is 16.5. The number of hydrogen-bond donors (Lipinski definition) is 1. The Hall–Kier alpha value is -4.31. The molecule has 156 valence electrons. The number of methoxy groups -OCH3 is 1. The van der Waals surface area contributed by atoms with Crippen LogP contribution in [0.2, 0.25) is 0 Å². The third kappa shape index (κ3) is 3.32. The largest absolute Gasteiger partial charge is 0.497 e. The third-order valence-corrected chi connectivity index (χ3v) is 5.65. The molecule has 2 N–H and O–H groups in total. The number of hydrogen-bond acceptors (Lipinski definition) is 3. The van der Waals surface area contributed by atoms with Crippen molar-refractivity contribution in [2.45, 2.75) is 0 Å². The number of fused-ring (bicyclic) bond motifs is 1. The van der Waals surface area contributed by atoms with Crippen LogP contribution in [0.4, 0.5) is 5.69 Å². The average molecular weight is 418 g/mol. The topological polar surface area (TPSA) is 57.2 Å². The van der Waals surface area contributed by atoms with Crippen molar-refractivity contribution in [2.75, 3.05) is 12.8 Å². The van der Waals surface area contributed by atoms with Gasteiger partial charge in [0.15, 0.2) is 0 Å². The Morgan fingerprint density at radius 3 is 1.97 bits per heavy atom. The number of nitrogen functional groups attached to an aromatic ring is 1. The molecule has 0 aliphatic heterocycles. The van der Waals surface area contributed by atoms with Crippen LogP contribution in [-0.4, -0.2) is 11.7 Å². The first-order valence-electron chi connectivity index (χ1n) is 10.4. The highest BCUT2D eigenvalue weighted by Gasteiger charge is 2.20. The molecular weight excluding hydrogens is 396 g/mol. The van der Waals surface area contributed by atoms with Gasteiger partial charge in [-0.15, -0.1) is 0 Å². The van der Waals surface area contributed by atoms with Crippen molar-refractivity contribution in [1.29, 1.82) is 0 Å². The van der Waals surface area contributed by atoms with Crippen molar-refractivity contribution in [2.24, 2.45) is 0 Å². The van der Waals surface area contributed by atoms with Crippen molar-refractivity contribution < 1.29 is 4.74 Å². The van der Waals surface area contributed by atoms with Crippen molar-refractivity contribution in [3.05, 3.63) is 113 Å². The first kappa shape index (κ1) is 19.6. The fourth-order valence-corrected chi connectivity index (χ4v) is 4.16. The quantitative estimate of drug-likeness (QED) is 0.369. The molecule has 0 bridgehead atoms. The molecule has 0 saturated carbocycles. The molecule has 0 atom stereocenters. The Morgan fingerprint density at radius 1 is 0.719 bits per heavy atom. The van der Waals surface area contributed by atoms with Gasteiger partial charge in [-0.25, -0.2) is 0 Å². The lowest BCUT2D eigenvalue weighted by Crippen LogP contribution is -2.21. The van der Waals surface area contributed by atoms with Crippen LogP contribution < -0.4 is 16.0 Å². The summed E-state index contributed by atoms with van der Waals surface area (Å²) >= 11 is 0. The summed E-state index contributed by atoms with van der Waals surface area (Å²) in [7, 11) is 1.63. The smallest absolute Gasteiger partial charge is 0.263 e. The normalized spacial score (nSPS) is 10.9. The lowest BCUT2D eigenvalue weighted by molar-refractivity contribution is 0.414. The number of aromatic nitrogens is 1. The molecule has 0 spiro atoms. The Bertz CT molecular complexity index is 1460. The molecule has 4 nitrogen and oxygen atoms in total. The van der Waals surface area contributed by atoms with Gasteiger partial charge in [-0.1, -0.05) is 66.7 Å². The second-order valence-corrected chi connectivity index (χ2v) is 7.60. The van der Waals surface area contributed by atoms with Crippen LogP contribution >= 0.6 is 0 Å². The summed E-state index contributed by atoms with van der Waals surface area (Å²) in [6, 6.07) is 33.2. The van der Waals surface area contributed by atoms with E-state index in [1.54, 1.807) is 17.7 Å². The van der Waals surface area contributed by atoms with Gasteiger partial charge in [0.25, 0.3) is 5.56 Å². The number of rotatable bonds is 4. The Kier molecular flexibility index (Phi) is 4.96. The lowest BCUT2D eigenvalue weighted by atomic mass is 9.93. The Labute approximate surface area is 186 Å². The van der Waals surface area contributed by atoms with Gasteiger partial charge in [-0.3, -0.25) is 9.36 Å². The second-order valence-electron chi connectivity index (χ2n) is 7.60. The van der Waals surface area contributed by atoms with E-state index in [-0.39, 0.29) is 5.56 Å². The first-order chi connectivity index (χ1) is 15.7. The van der Waals surface area contributed by atoms with E-state index in [4.69, 9.17) is 10.5 Å². The maximum absolute atomic E-state index is 13.9. The van der Waals surface area contributed by atoms with E-state index in [0.717, 1.165) is 39.2 Å². The van der Waals surface area contributed by atoms with Crippen LogP contribution in [0.25, 0.3) is 38.8 Å². The number of anilines is 1. The van der Waals surface area contributed by atoms with Gasteiger partial charge < -0.3 is 10.5 Å². The molecule has 0 aliphatic rings. The zero-order chi connectivity index (χ0) is 22.1. The summed E-state index contributed by atoms with van der Waals surface area (Å²) in [4.78, 5) is 13.9. The van der Waals surface area contributed by atoms with Crippen LogP contribution in [-0.2, 0) is 0 Å². The zero-order valence-corrected chi connectivity index (χ0v) is 17.7. The summed E-state index contributed by atoms with van der Waals surface area (Å²) in [6.07, 6.45) is 0. The van der Waals surface area contributed by atoms with Crippen LogP contribution in [0.15, 0.2) is 108 Å². The molecule has 0 amide bonds. The highest BCUT2D eigenvalue weighted by molar-refractivity contribution is 6.04. The molecular formula is C28H22N2O2. The number of nitrogens with two attached hydrogens (primary N) is 1. The molecule has 5 rings (SSSR count). The molecule has 0 radical (unpaired) electrons. The standard InChI is InChI=1S/C28H22N2O2/c1-32-23-15-13-22(14-16-23)30-27(20-10-6-3-7-11-20)26(19-8-4-2-5-9-19)24-17-12-21(29)18-25(24)28(30)31/h2-18H,29H2,1H3. The minimum absolute atomic E-state index is 0.115. The van der Waals surface area contributed by atoms with Gasteiger partial charge in [0.1, 0.15) is 5.75 Å². The van der Waals surface area contributed by atoms with Crippen molar-refractivity contribution >= 4 is 16.5 Å². The first-order valence-corrected chi connectivity index (χ1v) is 10.4. The molecule has 0 unspecified atom stereocenters. The highest BCUT2D eigenvalue weighted by Crippen LogP contribution is 2.38. The van der Waals surface area contributed by atoms with E-state index in [0.29, 0.717) is 11.1 Å². The Morgan fingerprint density at radius 2 is 1.34 bits per heavy atom. The molecule has 0 fully saturated rings. The van der Waals surface area contributed by atoms with Gasteiger partial charge in [-0.2, -0.15) is 0 Å². The van der Waals surface area contributed by atoms with E-state index in [2.05, 4.69) is 12.1 Å². The number of benzene rings is 4. The molecule has 5 aromatic rings. The summed E-state index contributed by atoms with van der Waals surface area (Å²) in [5.41, 5.74) is 11.1. The summed E-state index contributed by atoms with van der Waals surface area (Å²) in [5, 5.41) is 1.46. The minimum Gasteiger partial charge on any atom is -0.497 e. The third-order valence-electron chi connectivity index (χ3n) is 5.65. The zero-order valence-electron chi connectivity index (χ0n) is 17.7. The fourth-order valence-electron chi connectivity index (χ4n) is 4.16. The van der Waals surface area contributed by atoms with Crippen LogP contribution in [0.5, 0.6) is 5.75 Å². The fraction of sp³-hybridized carbons (Fsp3) is 0.0357. The summed E-state index contributed by atoms with van der Waals surface area (Å²) in [5.74, 6) is 0.733. The van der Waals surface area contributed by atoms with Crippen LogP contribution in [0.1, 0.15) is 0 Å². The van der Waals surface area contributed by atoms with Crippen molar-refractivity contribution in [3.63, 3.8) is 0 Å². The van der Waals surface area contributed by atoms with Crippen molar-refractivity contribution in [3.8, 4) is 33.8 Å². The minimum atomic E-state index is -0.115. The van der Waals surface area contributed by atoms with Gasteiger partial charge in [-0.05, 0) is 52.9 Å². The van der Waals surface area contributed by atoms with E-state index in [9.17, 15) is 4.79 Å². The molecule has 0 saturated heterocycles. The van der Waals surface area contributed by atoms with Gasteiger partial charge in [0, 0.05) is 16.9 Å². The SMILES string of the molecule is COc1ccc(-n2c(-c3ccccc3)c(-c3ccccc3)c3ccc(N)cc3c2=O)cc1. The lowest BCUT2D eigenvalue weighted by Gasteiger charge is -2.21. The van der Waals surface area contributed by atoms with Crippen LogP contribution in [0, 0.1) is 0 Å². The second kappa shape index (κ2) is 8.08. The molecule has 1 heterocycles. The predicted molar refractivity (Wildman–Crippen MR) is 131 cm³/mol. The summed E-state index contributed by atoms with van der Waals surface area (Å²) < 4.78 is 7.10. The van der Waals surface area contributed by atoms with E-state index in [1.165, 1.54) is 0 Å². The van der Waals surface area contributed by atoms with E-state index in [1.807, 2.05) is 84.9 Å². The maximum atomic E-state index is 13.9. The predicted octanol–water partition coefficient (Wildman–Crippen LogP) is 5.92. The number of nitrogens with zero attached hydrogens (tertiary/aromatic N) is 1. The van der Waals surface area contributed by atoms with E-state index < -0.39 is 0 Å².